The normalized spacial score (nSPS) is 24.6. The molecule has 0 aromatic rings. The van der Waals surface area contributed by atoms with E-state index in [9.17, 15) is 4.79 Å². The number of carbonyl (C=O) groups excluding carboxylic acids is 1. The molecule has 5 heteroatoms. The molecule has 1 rings (SSSR count). The third-order valence-corrected chi connectivity index (χ3v) is 8.53. The average molecular weight is 288 g/mol. The van der Waals surface area contributed by atoms with Gasteiger partial charge in [-0.05, 0) is 32.0 Å². The number of hydrogen-bond acceptors (Lipinski definition) is 4. The maximum Gasteiger partial charge on any atom is 0.191 e. The maximum absolute atomic E-state index is 11.7. The van der Waals surface area contributed by atoms with Crippen LogP contribution in [0, 0.1) is 0 Å². The third-order valence-electron chi connectivity index (χ3n) is 4.00. The second-order valence-corrected chi connectivity index (χ2v) is 12.0. The second-order valence-electron chi connectivity index (χ2n) is 7.16. The number of hydrogen-bond donors (Lipinski definition) is 0. The summed E-state index contributed by atoms with van der Waals surface area (Å²) < 4.78 is 17.0. The molecular weight excluding hydrogens is 260 g/mol. The van der Waals surface area contributed by atoms with E-state index in [1.807, 2.05) is 13.8 Å². The Hall–Kier alpha value is -0.233. The Bertz CT molecular complexity index is 331. The van der Waals surface area contributed by atoms with Crippen LogP contribution >= 0.6 is 0 Å². The van der Waals surface area contributed by atoms with Gasteiger partial charge in [0, 0.05) is 13.0 Å². The molecule has 1 heterocycles. The Morgan fingerprint density at radius 3 is 2.47 bits per heavy atom. The molecule has 1 aliphatic rings. The lowest BCUT2D eigenvalue weighted by Gasteiger charge is -2.38. The molecule has 0 N–H and O–H groups in total. The minimum absolute atomic E-state index is 0.0122. The lowest BCUT2D eigenvalue weighted by molar-refractivity contribution is -0.259. The summed E-state index contributed by atoms with van der Waals surface area (Å²) in [5.74, 6) is -0.659. The van der Waals surface area contributed by atoms with E-state index >= 15 is 0 Å². The predicted molar refractivity (Wildman–Crippen MR) is 77.7 cm³/mol. The maximum atomic E-state index is 11.7. The van der Waals surface area contributed by atoms with Crippen molar-refractivity contribution in [2.45, 2.75) is 71.1 Å². The van der Waals surface area contributed by atoms with Gasteiger partial charge in [0.05, 0.1) is 0 Å². The molecule has 0 spiro atoms. The third kappa shape index (κ3) is 4.67. The van der Waals surface area contributed by atoms with Gasteiger partial charge in [-0.15, -0.1) is 0 Å². The van der Waals surface area contributed by atoms with E-state index in [0.717, 1.165) is 0 Å². The topological polar surface area (TPSA) is 44.8 Å². The summed E-state index contributed by atoms with van der Waals surface area (Å²) in [6, 6.07) is 0. The van der Waals surface area contributed by atoms with Crippen molar-refractivity contribution >= 4 is 14.1 Å². The molecule has 1 unspecified atom stereocenters. The summed E-state index contributed by atoms with van der Waals surface area (Å²) in [6.45, 7) is 15.4. The largest absolute Gasteiger partial charge is 0.417 e. The van der Waals surface area contributed by atoms with Crippen molar-refractivity contribution < 1.29 is 18.7 Å². The van der Waals surface area contributed by atoms with Crippen LogP contribution in [0.15, 0.2) is 0 Å². The fraction of sp³-hybridized carbons (Fsp3) is 0.929. The molecule has 19 heavy (non-hydrogen) atoms. The molecule has 1 fully saturated rings. The zero-order valence-corrected chi connectivity index (χ0v) is 14.3. The number of ketones is 1. The quantitative estimate of drug-likeness (QED) is 0.746. The lowest BCUT2D eigenvalue weighted by atomic mass is 10.1. The SMILES string of the molecule is CC1(C)OCC(=O)C(CCO[Si](C)(C)C(C)(C)C)O1. The van der Waals surface area contributed by atoms with Crippen molar-refractivity contribution in [1.82, 2.24) is 0 Å². The molecule has 1 atom stereocenters. The van der Waals surface area contributed by atoms with Gasteiger partial charge in [-0.1, -0.05) is 20.8 Å². The van der Waals surface area contributed by atoms with Crippen molar-refractivity contribution in [3.8, 4) is 0 Å². The number of rotatable bonds is 4. The molecule has 1 saturated heterocycles. The van der Waals surface area contributed by atoms with Crippen LogP contribution < -0.4 is 0 Å². The van der Waals surface area contributed by atoms with Gasteiger partial charge in [-0.3, -0.25) is 4.79 Å². The average Bonchev–Trinajstić information content (AvgIpc) is 2.21. The molecule has 0 aromatic carbocycles. The van der Waals surface area contributed by atoms with Crippen molar-refractivity contribution in [1.29, 1.82) is 0 Å². The van der Waals surface area contributed by atoms with Gasteiger partial charge in [-0.25, -0.2) is 0 Å². The van der Waals surface area contributed by atoms with E-state index in [4.69, 9.17) is 13.9 Å². The van der Waals surface area contributed by atoms with Crippen molar-refractivity contribution in [2.24, 2.45) is 0 Å². The van der Waals surface area contributed by atoms with Crippen LogP contribution in [-0.2, 0) is 18.7 Å². The summed E-state index contributed by atoms with van der Waals surface area (Å²) >= 11 is 0. The van der Waals surface area contributed by atoms with E-state index < -0.39 is 20.2 Å². The molecule has 0 bridgehead atoms. The highest BCUT2D eigenvalue weighted by molar-refractivity contribution is 6.74. The van der Waals surface area contributed by atoms with Crippen LogP contribution in [-0.4, -0.2) is 39.2 Å². The Balaban J connectivity index is 2.47. The minimum Gasteiger partial charge on any atom is -0.417 e. The highest BCUT2D eigenvalue weighted by Crippen LogP contribution is 2.36. The van der Waals surface area contributed by atoms with Gasteiger partial charge in [0.25, 0.3) is 0 Å². The molecular formula is C14H28O4Si. The first kappa shape index (κ1) is 16.8. The van der Waals surface area contributed by atoms with Crippen LogP contribution in [0.25, 0.3) is 0 Å². The highest BCUT2D eigenvalue weighted by Gasteiger charge is 2.38. The van der Waals surface area contributed by atoms with Crippen LogP contribution in [0.3, 0.4) is 0 Å². The van der Waals surface area contributed by atoms with Crippen molar-refractivity contribution in [3.05, 3.63) is 0 Å². The number of carbonyl (C=O) groups is 1. The summed E-state index contributed by atoms with van der Waals surface area (Å²) in [7, 11) is -1.75. The zero-order chi connectivity index (χ0) is 14.9. The fourth-order valence-corrected chi connectivity index (χ4v) is 2.70. The molecule has 0 amide bonds. The molecule has 0 radical (unpaired) electrons. The summed E-state index contributed by atoms with van der Waals surface area (Å²) in [4.78, 5) is 11.7. The van der Waals surface area contributed by atoms with Crippen LogP contribution in [0.5, 0.6) is 0 Å². The Labute approximate surface area is 117 Å². The molecule has 0 aromatic heterocycles. The molecule has 112 valence electrons. The Morgan fingerprint density at radius 1 is 1.37 bits per heavy atom. The van der Waals surface area contributed by atoms with Crippen LogP contribution in [0.1, 0.15) is 41.0 Å². The lowest BCUT2D eigenvalue weighted by Crippen LogP contribution is -2.47. The molecule has 0 aliphatic carbocycles. The molecule has 0 saturated carbocycles. The van der Waals surface area contributed by atoms with Gasteiger partial charge in [0.2, 0.25) is 0 Å². The molecule has 1 aliphatic heterocycles. The zero-order valence-electron chi connectivity index (χ0n) is 13.3. The monoisotopic (exact) mass is 288 g/mol. The minimum atomic E-state index is -1.75. The standard InChI is InChI=1S/C14H28O4Si/c1-13(2,3)19(6,7)17-9-8-12-11(15)10-16-14(4,5)18-12/h12H,8-10H2,1-7H3. The summed E-state index contributed by atoms with van der Waals surface area (Å²) in [5, 5.41) is 0.187. The van der Waals surface area contributed by atoms with E-state index in [-0.39, 0.29) is 17.4 Å². The fourth-order valence-electron chi connectivity index (χ4n) is 1.64. The predicted octanol–water partition coefficient (Wildman–Crippen LogP) is 3.12. The van der Waals surface area contributed by atoms with Gasteiger partial charge in [-0.2, -0.15) is 0 Å². The summed E-state index contributed by atoms with van der Waals surface area (Å²) in [5.41, 5.74) is 0. The van der Waals surface area contributed by atoms with Gasteiger partial charge >= 0.3 is 0 Å². The second kappa shape index (κ2) is 5.64. The first-order chi connectivity index (χ1) is 8.45. The molecule has 4 nitrogen and oxygen atoms in total. The highest BCUT2D eigenvalue weighted by atomic mass is 28.4. The van der Waals surface area contributed by atoms with Crippen molar-refractivity contribution in [3.63, 3.8) is 0 Å². The first-order valence-electron chi connectivity index (χ1n) is 6.93. The van der Waals surface area contributed by atoms with Crippen molar-refractivity contribution in [2.75, 3.05) is 13.2 Å². The number of Topliss-reactive ketones (excluding diaryl/α,β-unsaturated/α-hetero) is 1. The van der Waals surface area contributed by atoms with E-state index in [1.165, 1.54) is 0 Å². The van der Waals surface area contributed by atoms with E-state index in [0.29, 0.717) is 13.0 Å². The van der Waals surface area contributed by atoms with Gasteiger partial charge < -0.3 is 13.9 Å². The van der Waals surface area contributed by atoms with Crippen LogP contribution in [0.2, 0.25) is 18.1 Å². The van der Waals surface area contributed by atoms with E-state index in [1.54, 1.807) is 0 Å². The first-order valence-corrected chi connectivity index (χ1v) is 9.84. The van der Waals surface area contributed by atoms with E-state index in [2.05, 4.69) is 33.9 Å². The Morgan fingerprint density at radius 2 is 1.95 bits per heavy atom. The summed E-state index contributed by atoms with van der Waals surface area (Å²) in [6.07, 6.45) is 0.214. The Kier molecular flexibility index (Phi) is 4.99. The van der Waals surface area contributed by atoms with Gasteiger partial charge in [0.1, 0.15) is 12.7 Å². The smallest absolute Gasteiger partial charge is 0.191 e. The van der Waals surface area contributed by atoms with Crippen LogP contribution in [0.4, 0.5) is 0 Å². The number of ether oxygens (including phenoxy) is 2. The van der Waals surface area contributed by atoms with Gasteiger partial charge in [0.15, 0.2) is 19.9 Å².